The first-order chi connectivity index (χ1) is 6.08. The molecule has 0 atom stereocenters. The zero-order valence-corrected chi connectivity index (χ0v) is 8.14. The van der Waals surface area contributed by atoms with Crippen molar-refractivity contribution in [2.24, 2.45) is 0 Å². The number of hydrogen-bond acceptors (Lipinski definition) is 2. The van der Waals surface area contributed by atoms with Gasteiger partial charge >= 0.3 is 0 Å². The molecular formula is C10H15NO2. The molecule has 0 fully saturated rings. The molecule has 0 radical (unpaired) electrons. The zero-order chi connectivity index (χ0) is 9.47. The van der Waals surface area contributed by atoms with Crippen LogP contribution in [0, 0.1) is 0 Å². The third kappa shape index (κ3) is 1.55. The Morgan fingerprint density at radius 2 is 2.15 bits per heavy atom. The molecule has 0 bridgehead atoms. The van der Waals surface area contributed by atoms with Crippen molar-refractivity contribution in [1.29, 1.82) is 0 Å². The van der Waals surface area contributed by atoms with Gasteiger partial charge in [-0.15, -0.1) is 0 Å². The Labute approximate surface area is 78.1 Å². The van der Waals surface area contributed by atoms with E-state index in [1.807, 2.05) is 0 Å². The number of ether oxygens (including phenoxy) is 1. The number of carbonyl (C=O) groups is 1. The van der Waals surface area contributed by atoms with Crippen LogP contribution in [0.15, 0.2) is 11.3 Å². The summed E-state index contributed by atoms with van der Waals surface area (Å²) in [5.74, 6) is 0.983. The van der Waals surface area contributed by atoms with E-state index < -0.39 is 0 Å². The van der Waals surface area contributed by atoms with Gasteiger partial charge in [0.15, 0.2) is 0 Å². The monoisotopic (exact) mass is 181 g/mol. The van der Waals surface area contributed by atoms with Gasteiger partial charge in [0.05, 0.1) is 5.57 Å². The predicted octanol–water partition coefficient (Wildman–Crippen LogP) is 1.35. The van der Waals surface area contributed by atoms with Crippen LogP contribution in [0.25, 0.3) is 0 Å². The molecule has 0 unspecified atom stereocenters. The van der Waals surface area contributed by atoms with E-state index in [2.05, 4.69) is 19.2 Å². The highest BCUT2D eigenvalue weighted by Crippen LogP contribution is 2.33. The maximum atomic E-state index is 11.4. The second-order valence-electron chi connectivity index (χ2n) is 4.27. The SMILES string of the molecule is CC1(C)CCC2=C(CCNC2=O)O1. The van der Waals surface area contributed by atoms with Crippen molar-refractivity contribution in [3.8, 4) is 0 Å². The number of rotatable bonds is 0. The molecule has 2 heterocycles. The molecule has 3 heteroatoms. The second kappa shape index (κ2) is 2.76. The average molecular weight is 181 g/mol. The Balaban J connectivity index is 2.27. The van der Waals surface area contributed by atoms with Crippen molar-refractivity contribution in [3.63, 3.8) is 0 Å². The van der Waals surface area contributed by atoms with Gasteiger partial charge in [-0.05, 0) is 26.7 Å². The highest BCUT2D eigenvalue weighted by atomic mass is 16.5. The molecule has 1 amide bonds. The third-order valence-corrected chi connectivity index (χ3v) is 2.62. The molecule has 2 rings (SSSR count). The number of hydrogen-bond donors (Lipinski definition) is 1. The van der Waals surface area contributed by atoms with E-state index in [4.69, 9.17) is 4.74 Å². The molecule has 0 aromatic rings. The molecule has 1 N–H and O–H groups in total. The lowest BCUT2D eigenvalue weighted by Crippen LogP contribution is -2.38. The first-order valence-electron chi connectivity index (χ1n) is 4.78. The van der Waals surface area contributed by atoms with Crippen molar-refractivity contribution in [2.45, 2.75) is 38.7 Å². The summed E-state index contributed by atoms with van der Waals surface area (Å²) in [7, 11) is 0. The van der Waals surface area contributed by atoms with Gasteiger partial charge < -0.3 is 10.1 Å². The summed E-state index contributed by atoms with van der Waals surface area (Å²) in [5, 5.41) is 2.83. The fraction of sp³-hybridized carbons (Fsp3) is 0.700. The van der Waals surface area contributed by atoms with Gasteiger partial charge in [0.1, 0.15) is 11.4 Å². The van der Waals surface area contributed by atoms with Crippen molar-refractivity contribution >= 4 is 5.91 Å². The molecule has 72 valence electrons. The lowest BCUT2D eigenvalue weighted by Gasteiger charge is -2.35. The Bertz CT molecular complexity index is 279. The van der Waals surface area contributed by atoms with E-state index in [9.17, 15) is 4.79 Å². The Morgan fingerprint density at radius 3 is 2.92 bits per heavy atom. The molecule has 0 aromatic heterocycles. The number of nitrogens with one attached hydrogen (secondary N) is 1. The topological polar surface area (TPSA) is 38.3 Å². The van der Waals surface area contributed by atoms with Crippen LogP contribution in [-0.4, -0.2) is 18.1 Å². The van der Waals surface area contributed by atoms with Gasteiger partial charge in [-0.3, -0.25) is 4.79 Å². The smallest absolute Gasteiger partial charge is 0.250 e. The molecule has 13 heavy (non-hydrogen) atoms. The molecule has 2 aliphatic rings. The van der Waals surface area contributed by atoms with E-state index in [1.165, 1.54) is 0 Å². The zero-order valence-electron chi connectivity index (χ0n) is 8.14. The second-order valence-corrected chi connectivity index (χ2v) is 4.27. The fourth-order valence-corrected chi connectivity index (χ4v) is 1.85. The summed E-state index contributed by atoms with van der Waals surface area (Å²) in [5.41, 5.74) is 0.779. The van der Waals surface area contributed by atoms with E-state index in [-0.39, 0.29) is 11.5 Å². The molecule has 0 saturated carbocycles. The predicted molar refractivity (Wildman–Crippen MR) is 49.1 cm³/mol. The number of amides is 1. The maximum Gasteiger partial charge on any atom is 0.250 e. The highest BCUT2D eigenvalue weighted by molar-refractivity contribution is 5.94. The Kier molecular flexibility index (Phi) is 1.82. The summed E-state index contributed by atoms with van der Waals surface area (Å²) in [6.45, 7) is 4.86. The standard InChI is InChI=1S/C10H15NO2/c1-10(2)5-3-7-8(13-10)4-6-11-9(7)12/h3-6H2,1-2H3,(H,11,12). The molecule has 0 spiro atoms. The summed E-state index contributed by atoms with van der Waals surface area (Å²) >= 11 is 0. The summed E-state index contributed by atoms with van der Waals surface area (Å²) < 4.78 is 5.77. The normalized spacial score (nSPS) is 26.2. The average Bonchev–Trinajstić information content (AvgIpc) is 2.02. The summed E-state index contributed by atoms with van der Waals surface area (Å²) in [6.07, 6.45) is 2.64. The maximum absolute atomic E-state index is 11.4. The van der Waals surface area contributed by atoms with Gasteiger partial charge in [-0.1, -0.05) is 0 Å². The molecule has 0 aromatic carbocycles. The Morgan fingerprint density at radius 1 is 1.38 bits per heavy atom. The van der Waals surface area contributed by atoms with Crippen LogP contribution in [0.4, 0.5) is 0 Å². The quantitative estimate of drug-likeness (QED) is 0.612. The molecule has 2 aliphatic heterocycles. The van der Waals surface area contributed by atoms with Gasteiger partial charge in [0, 0.05) is 13.0 Å². The van der Waals surface area contributed by atoms with Crippen LogP contribution in [-0.2, 0) is 9.53 Å². The van der Waals surface area contributed by atoms with Gasteiger partial charge in [0.25, 0.3) is 5.91 Å². The van der Waals surface area contributed by atoms with Crippen molar-refractivity contribution < 1.29 is 9.53 Å². The number of carbonyl (C=O) groups excluding carboxylic acids is 1. The molecule has 3 nitrogen and oxygen atoms in total. The molecule has 0 aliphatic carbocycles. The lowest BCUT2D eigenvalue weighted by molar-refractivity contribution is -0.119. The van der Waals surface area contributed by atoms with Gasteiger partial charge in [0.2, 0.25) is 0 Å². The van der Waals surface area contributed by atoms with Gasteiger partial charge in [-0.2, -0.15) is 0 Å². The highest BCUT2D eigenvalue weighted by Gasteiger charge is 2.32. The van der Waals surface area contributed by atoms with E-state index >= 15 is 0 Å². The minimum atomic E-state index is -0.0869. The summed E-state index contributed by atoms with van der Waals surface area (Å²) in [6, 6.07) is 0. The van der Waals surface area contributed by atoms with E-state index in [1.54, 1.807) is 0 Å². The van der Waals surface area contributed by atoms with Crippen LogP contribution in [0.3, 0.4) is 0 Å². The van der Waals surface area contributed by atoms with Crippen molar-refractivity contribution in [2.75, 3.05) is 6.54 Å². The van der Waals surface area contributed by atoms with Crippen LogP contribution in [0.2, 0.25) is 0 Å². The van der Waals surface area contributed by atoms with E-state index in [0.29, 0.717) is 6.54 Å². The van der Waals surface area contributed by atoms with Crippen LogP contribution in [0.1, 0.15) is 33.1 Å². The van der Waals surface area contributed by atoms with Crippen LogP contribution >= 0.6 is 0 Å². The Hall–Kier alpha value is -0.990. The minimum absolute atomic E-state index is 0.0664. The third-order valence-electron chi connectivity index (χ3n) is 2.62. The van der Waals surface area contributed by atoms with Crippen molar-refractivity contribution in [1.82, 2.24) is 5.32 Å². The molecule has 0 saturated heterocycles. The van der Waals surface area contributed by atoms with Crippen molar-refractivity contribution in [3.05, 3.63) is 11.3 Å². The first kappa shape index (κ1) is 8.60. The van der Waals surface area contributed by atoms with Crippen LogP contribution < -0.4 is 5.32 Å². The van der Waals surface area contributed by atoms with Crippen LogP contribution in [0.5, 0.6) is 0 Å². The lowest BCUT2D eigenvalue weighted by atomic mass is 9.92. The first-order valence-corrected chi connectivity index (χ1v) is 4.78. The molecular weight excluding hydrogens is 166 g/mol. The fourth-order valence-electron chi connectivity index (χ4n) is 1.85. The summed E-state index contributed by atoms with van der Waals surface area (Å²) in [4.78, 5) is 11.4. The van der Waals surface area contributed by atoms with Gasteiger partial charge in [-0.25, -0.2) is 0 Å². The van der Waals surface area contributed by atoms with E-state index in [0.717, 1.165) is 30.6 Å². The largest absolute Gasteiger partial charge is 0.492 e. The minimum Gasteiger partial charge on any atom is -0.492 e.